The monoisotopic (exact) mass is 346 g/mol. The van der Waals surface area contributed by atoms with Gasteiger partial charge in [-0.1, -0.05) is 24.3 Å². The van der Waals surface area contributed by atoms with Gasteiger partial charge in [0.15, 0.2) is 0 Å². The average molecular weight is 346 g/mol. The maximum absolute atomic E-state index is 11.8. The number of sulfonamides is 1. The molecule has 7 nitrogen and oxygen atoms in total. The van der Waals surface area contributed by atoms with Crippen LogP contribution in [0.25, 0.3) is 0 Å². The fourth-order valence-electron chi connectivity index (χ4n) is 1.42. The third-order valence-corrected chi connectivity index (χ3v) is 6.26. The molecule has 1 amide bonds. The number of anilines is 1. The van der Waals surface area contributed by atoms with Crippen molar-refractivity contribution in [2.24, 2.45) is 0 Å². The first-order valence-corrected chi connectivity index (χ1v) is 9.34. The number of carbonyl (C=O) groups is 1. The first-order valence-electron chi connectivity index (χ1n) is 6.16. The predicted octanol–water partition coefficient (Wildman–Crippen LogP) is 1.47. The number of carbonyl (C=O) groups excluding carboxylic acids is 1. The predicted molar refractivity (Wildman–Crippen MR) is 82.0 cm³/mol. The Balaban J connectivity index is 1.79. The van der Waals surface area contributed by atoms with E-state index in [1.807, 2.05) is 6.92 Å². The molecular weight excluding hydrogens is 332 g/mol. The summed E-state index contributed by atoms with van der Waals surface area (Å²) in [6.07, 6.45) is 0.791. The number of hydrogen-bond acceptors (Lipinski definition) is 7. The van der Waals surface area contributed by atoms with Gasteiger partial charge in [0, 0.05) is 13.0 Å². The summed E-state index contributed by atoms with van der Waals surface area (Å²) in [7, 11) is -3.52. The molecule has 2 aromatic rings. The molecule has 21 heavy (non-hydrogen) atoms. The standard InChI is InChI=1S/C11H14N4O3S3/c1-2-9-14-15-11(20-9)13-8(16)5-6-12-21(17,18)10-4-3-7-19-10/h3-4,7,12H,2,5-6H2,1H3,(H,13,15,16). The lowest BCUT2D eigenvalue weighted by molar-refractivity contribution is -0.116. The molecule has 0 spiro atoms. The second-order valence-electron chi connectivity index (χ2n) is 3.98. The fourth-order valence-corrected chi connectivity index (χ4v) is 4.18. The van der Waals surface area contributed by atoms with Crippen LogP contribution in [0.3, 0.4) is 0 Å². The molecule has 10 heteroatoms. The molecule has 0 aliphatic carbocycles. The second-order valence-corrected chi connectivity index (χ2v) is 7.99. The number of hydrogen-bond donors (Lipinski definition) is 2. The van der Waals surface area contributed by atoms with Gasteiger partial charge >= 0.3 is 0 Å². The summed E-state index contributed by atoms with van der Waals surface area (Å²) < 4.78 is 26.3. The van der Waals surface area contributed by atoms with E-state index < -0.39 is 10.0 Å². The van der Waals surface area contributed by atoms with Gasteiger partial charge in [0.2, 0.25) is 21.1 Å². The van der Waals surface area contributed by atoms with Crippen LogP contribution < -0.4 is 10.0 Å². The van der Waals surface area contributed by atoms with Gasteiger partial charge in [-0.2, -0.15) is 0 Å². The summed E-state index contributed by atoms with van der Waals surface area (Å²) in [5.41, 5.74) is 0. The van der Waals surface area contributed by atoms with E-state index in [1.54, 1.807) is 11.4 Å². The van der Waals surface area contributed by atoms with Crippen LogP contribution >= 0.6 is 22.7 Å². The molecule has 114 valence electrons. The lowest BCUT2D eigenvalue weighted by atomic mass is 10.4. The number of aryl methyl sites for hydroxylation is 1. The molecule has 0 aliphatic rings. The van der Waals surface area contributed by atoms with Gasteiger partial charge in [0.05, 0.1) is 0 Å². The number of aromatic nitrogens is 2. The zero-order chi connectivity index (χ0) is 15.3. The zero-order valence-corrected chi connectivity index (χ0v) is 13.6. The van der Waals surface area contributed by atoms with Crippen molar-refractivity contribution in [3.05, 3.63) is 22.5 Å². The third kappa shape index (κ3) is 4.56. The second kappa shape index (κ2) is 7.07. The van der Waals surface area contributed by atoms with Crippen molar-refractivity contribution in [3.8, 4) is 0 Å². The van der Waals surface area contributed by atoms with E-state index in [1.165, 1.54) is 17.4 Å². The van der Waals surface area contributed by atoms with Gasteiger partial charge < -0.3 is 5.32 Å². The van der Waals surface area contributed by atoms with Crippen molar-refractivity contribution in [3.63, 3.8) is 0 Å². The van der Waals surface area contributed by atoms with E-state index in [4.69, 9.17) is 0 Å². The van der Waals surface area contributed by atoms with Crippen molar-refractivity contribution in [1.82, 2.24) is 14.9 Å². The van der Waals surface area contributed by atoms with Crippen molar-refractivity contribution in [1.29, 1.82) is 0 Å². The Labute approximate surface area is 130 Å². The summed E-state index contributed by atoms with van der Waals surface area (Å²) in [6.45, 7) is 1.98. The zero-order valence-electron chi connectivity index (χ0n) is 11.2. The molecule has 2 rings (SSSR count). The van der Waals surface area contributed by atoms with Crippen LogP contribution in [0.5, 0.6) is 0 Å². The summed E-state index contributed by atoms with van der Waals surface area (Å²) >= 11 is 2.44. The highest BCUT2D eigenvalue weighted by Gasteiger charge is 2.15. The minimum absolute atomic E-state index is 0.0332. The highest BCUT2D eigenvalue weighted by molar-refractivity contribution is 7.91. The Hall–Kier alpha value is -1.36. The van der Waals surface area contributed by atoms with Crippen molar-refractivity contribution in [2.75, 3.05) is 11.9 Å². The minimum Gasteiger partial charge on any atom is -0.300 e. The lowest BCUT2D eigenvalue weighted by Crippen LogP contribution is -2.27. The summed E-state index contributed by atoms with van der Waals surface area (Å²) in [6, 6.07) is 3.17. The molecule has 2 N–H and O–H groups in total. The highest BCUT2D eigenvalue weighted by atomic mass is 32.2. The molecule has 0 aliphatic heterocycles. The molecule has 0 saturated heterocycles. The molecular formula is C11H14N4O3S3. The molecule has 2 aromatic heterocycles. The maximum atomic E-state index is 11.8. The van der Waals surface area contributed by atoms with Crippen molar-refractivity contribution in [2.45, 2.75) is 24.0 Å². The molecule has 0 aromatic carbocycles. The van der Waals surface area contributed by atoms with Gasteiger partial charge in [0.25, 0.3) is 0 Å². The minimum atomic E-state index is -3.52. The van der Waals surface area contributed by atoms with Gasteiger partial charge in [-0.25, -0.2) is 13.1 Å². The molecule has 0 saturated carbocycles. The first-order chi connectivity index (χ1) is 10.0. The van der Waals surface area contributed by atoms with Gasteiger partial charge in [-0.15, -0.1) is 21.5 Å². The Morgan fingerprint density at radius 1 is 1.38 bits per heavy atom. The Kier molecular flexibility index (Phi) is 5.39. The molecule has 0 unspecified atom stereocenters. The third-order valence-electron chi connectivity index (χ3n) is 2.42. The highest BCUT2D eigenvalue weighted by Crippen LogP contribution is 2.16. The smallest absolute Gasteiger partial charge is 0.250 e. The van der Waals surface area contributed by atoms with Crippen LogP contribution in [0.15, 0.2) is 21.7 Å². The number of amides is 1. The summed E-state index contributed by atoms with van der Waals surface area (Å²) in [4.78, 5) is 11.7. The fraction of sp³-hybridized carbons (Fsp3) is 0.364. The van der Waals surface area contributed by atoms with E-state index in [0.717, 1.165) is 22.8 Å². The first kappa shape index (κ1) is 16.0. The van der Waals surface area contributed by atoms with E-state index >= 15 is 0 Å². The number of thiophene rings is 1. The van der Waals surface area contributed by atoms with Crippen LogP contribution in [0.1, 0.15) is 18.4 Å². The Morgan fingerprint density at radius 2 is 2.19 bits per heavy atom. The molecule has 0 fully saturated rings. The van der Waals surface area contributed by atoms with Crippen LogP contribution in [0.4, 0.5) is 5.13 Å². The van der Waals surface area contributed by atoms with Crippen molar-refractivity contribution >= 4 is 43.7 Å². The molecule has 0 radical (unpaired) electrons. The van der Waals surface area contributed by atoms with Crippen LogP contribution in [-0.2, 0) is 21.2 Å². The van der Waals surface area contributed by atoms with E-state index in [2.05, 4.69) is 20.2 Å². The van der Waals surface area contributed by atoms with Crippen molar-refractivity contribution < 1.29 is 13.2 Å². The van der Waals surface area contributed by atoms with Gasteiger partial charge in [-0.3, -0.25) is 4.79 Å². The SMILES string of the molecule is CCc1nnc(NC(=O)CCNS(=O)(=O)c2cccs2)s1. The summed E-state index contributed by atoms with van der Waals surface area (Å²) in [5, 5.41) is 13.2. The van der Waals surface area contributed by atoms with E-state index in [0.29, 0.717) is 5.13 Å². The number of rotatable bonds is 7. The van der Waals surface area contributed by atoms with Crippen LogP contribution in [0, 0.1) is 0 Å². The normalized spacial score (nSPS) is 11.5. The van der Waals surface area contributed by atoms with E-state index in [9.17, 15) is 13.2 Å². The molecule has 0 atom stereocenters. The van der Waals surface area contributed by atoms with E-state index in [-0.39, 0.29) is 23.1 Å². The average Bonchev–Trinajstić information content (AvgIpc) is 3.09. The Morgan fingerprint density at radius 3 is 2.81 bits per heavy atom. The largest absolute Gasteiger partial charge is 0.300 e. The lowest BCUT2D eigenvalue weighted by Gasteiger charge is -2.04. The van der Waals surface area contributed by atoms with Crippen LogP contribution in [0.2, 0.25) is 0 Å². The van der Waals surface area contributed by atoms with Crippen LogP contribution in [-0.4, -0.2) is 31.1 Å². The topological polar surface area (TPSA) is 101 Å². The molecule has 2 heterocycles. The summed E-state index contributed by atoms with van der Waals surface area (Å²) in [5.74, 6) is -0.303. The number of nitrogens with zero attached hydrogens (tertiary/aromatic N) is 2. The van der Waals surface area contributed by atoms with Gasteiger partial charge in [0.1, 0.15) is 9.22 Å². The maximum Gasteiger partial charge on any atom is 0.250 e. The molecule has 0 bridgehead atoms. The number of nitrogens with one attached hydrogen (secondary N) is 2. The quantitative estimate of drug-likeness (QED) is 0.790. The Bertz CT molecular complexity index is 694. The van der Waals surface area contributed by atoms with Gasteiger partial charge in [-0.05, 0) is 17.9 Å².